The number of nitrogens with zero attached hydrogens (tertiary/aromatic N) is 1. The van der Waals surface area contributed by atoms with Crippen molar-refractivity contribution in [2.45, 2.75) is 27.7 Å². The Bertz CT molecular complexity index is 781. The van der Waals surface area contributed by atoms with Crippen molar-refractivity contribution in [1.82, 2.24) is 4.90 Å². The summed E-state index contributed by atoms with van der Waals surface area (Å²) < 4.78 is 0. The number of carbonyl (C=O) groups excluding carboxylic acids is 2. The lowest BCUT2D eigenvalue weighted by molar-refractivity contribution is -0.116. The zero-order valence-electron chi connectivity index (χ0n) is 14.9. The molecule has 0 bridgehead atoms. The van der Waals surface area contributed by atoms with Gasteiger partial charge in [-0.2, -0.15) is 0 Å². The van der Waals surface area contributed by atoms with Crippen LogP contribution in [0.1, 0.15) is 32.6 Å². The van der Waals surface area contributed by atoms with Crippen molar-refractivity contribution >= 4 is 17.5 Å². The van der Waals surface area contributed by atoms with Crippen LogP contribution in [0.25, 0.3) is 0 Å². The summed E-state index contributed by atoms with van der Waals surface area (Å²) in [6.45, 7) is 7.96. The van der Waals surface area contributed by atoms with Crippen LogP contribution in [-0.4, -0.2) is 30.3 Å². The molecule has 0 atom stereocenters. The fraction of sp³-hybridized carbons (Fsp3) is 0.300. The molecule has 4 heteroatoms. The first-order valence-corrected chi connectivity index (χ1v) is 7.98. The number of rotatable bonds is 4. The zero-order valence-corrected chi connectivity index (χ0v) is 14.9. The normalized spacial score (nSPS) is 10.4. The highest BCUT2D eigenvalue weighted by Gasteiger charge is 2.16. The van der Waals surface area contributed by atoms with Crippen LogP contribution in [0.5, 0.6) is 0 Å². The highest BCUT2D eigenvalue weighted by Crippen LogP contribution is 2.18. The van der Waals surface area contributed by atoms with Crippen molar-refractivity contribution in [1.29, 1.82) is 0 Å². The van der Waals surface area contributed by atoms with Gasteiger partial charge in [0.25, 0.3) is 5.91 Å². The number of hydrogen-bond donors (Lipinski definition) is 1. The van der Waals surface area contributed by atoms with Gasteiger partial charge in [-0.15, -0.1) is 0 Å². The molecule has 0 saturated carbocycles. The van der Waals surface area contributed by atoms with E-state index >= 15 is 0 Å². The number of anilines is 1. The van der Waals surface area contributed by atoms with Crippen LogP contribution < -0.4 is 5.32 Å². The van der Waals surface area contributed by atoms with Crippen molar-refractivity contribution in [3.05, 3.63) is 64.2 Å². The first kappa shape index (κ1) is 17.7. The molecule has 0 heterocycles. The van der Waals surface area contributed by atoms with Gasteiger partial charge >= 0.3 is 0 Å². The molecule has 2 aromatic carbocycles. The van der Waals surface area contributed by atoms with Gasteiger partial charge in [-0.3, -0.25) is 9.59 Å². The predicted molar refractivity (Wildman–Crippen MR) is 97.4 cm³/mol. The van der Waals surface area contributed by atoms with E-state index in [2.05, 4.69) is 5.32 Å². The molecule has 4 nitrogen and oxygen atoms in total. The van der Waals surface area contributed by atoms with E-state index in [4.69, 9.17) is 0 Å². The molecule has 0 spiro atoms. The second kappa shape index (κ2) is 7.30. The van der Waals surface area contributed by atoms with Gasteiger partial charge in [0.2, 0.25) is 5.91 Å². The van der Waals surface area contributed by atoms with Crippen LogP contribution in [-0.2, 0) is 4.79 Å². The molecular formula is C20H24N2O2. The number of hydrogen-bond acceptors (Lipinski definition) is 2. The molecule has 0 radical (unpaired) electrons. The quantitative estimate of drug-likeness (QED) is 0.933. The van der Waals surface area contributed by atoms with Gasteiger partial charge in [-0.25, -0.2) is 0 Å². The Morgan fingerprint density at radius 2 is 1.67 bits per heavy atom. The minimum atomic E-state index is -0.205. The highest BCUT2D eigenvalue weighted by atomic mass is 16.2. The molecule has 0 aliphatic heterocycles. The minimum Gasteiger partial charge on any atom is -0.332 e. The monoisotopic (exact) mass is 324 g/mol. The molecule has 0 fully saturated rings. The maximum Gasteiger partial charge on any atom is 0.254 e. The third-order valence-corrected chi connectivity index (χ3v) is 4.36. The summed E-state index contributed by atoms with van der Waals surface area (Å²) in [4.78, 5) is 26.1. The van der Waals surface area contributed by atoms with Gasteiger partial charge in [0.05, 0.1) is 6.54 Å². The van der Waals surface area contributed by atoms with Gasteiger partial charge in [0, 0.05) is 18.3 Å². The lowest BCUT2D eigenvalue weighted by Gasteiger charge is -2.18. The summed E-state index contributed by atoms with van der Waals surface area (Å²) in [5.41, 5.74) is 5.74. The Morgan fingerprint density at radius 1 is 0.958 bits per heavy atom. The van der Waals surface area contributed by atoms with Gasteiger partial charge in [0.15, 0.2) is 0 Å². The molecule has 1 N–H and O–H groups in total. The van der Waals surface area contributed by atoms with Crippen LogP contribution >= 0.6 is 0 Å². The molecule has 0 aliphatic rings. The summed E-state index contributed by atoms with van der Waals surface area (Å²) in [6, 6.07) is 11.3. The molecule has 2 aromatic rings. The lowest BCUT2D eigenvalue weighted by atomic mass is 10.1. The van der Waals surface area contributed by atoms with Crippen LogP contribution in [0.15, 0.2) is 36.4 Å². The number of carbonyl (C=O) groups is 2. The second-order valence-electron chi connectivity index (χ2n) is 6.26. The SMILES string of the molecule is Cc1ccc(C(=O)N(C)CC(=O)Nc2cccc(C)c2C)cc1C. The fourth-order valence-corrected chi connectivity index (χ4v) is 2.46. The Balaban J connectivity index is 2.04. The predicted octanol–water partition coefficient (Wildman–Crippen LogP) is 3.63. The van der Waals surface area contributed by atoms with Crippen LogP contribution in [0, 0.1) is 27.7 Å². The van der Waals surface area contributed by atoms with E-state index in [0.29, 0.717) is 5.56 Å². The third kappa shape index (κ3) is 4.02. The number of nitrogens with one attached hydrogen (secondary N) is 1. The van der Waals surface area contributed by atoms with Crippen molar-refractivity contribution in [3.8, 4) is 0 Å². The smallest absolute Gasteiger partial charge is 0.254 e. The van der Waals surface area contributed by atoms with Crippen molar-refractivity contribution in [2.75, 3.05) is 18.9 Å². The molecular weight excluding hydrogens is 300 g/mol. The molecule has 0 aromatic heterocycles. The Morgan fingerprint density at radius 3 is 2.33 bits per heavy atom. The van der Waals surface area contributed by atoms with Crippen molar-refractivity contribution < 1.29 is 9.59 Å². The van der Waals surface area contributed by atoms with Crippen LogP contribution in [0.3, 0.4) is 0 Å². The Labute approximate surface area is 143 Å². The summed E-state index contributed by atoms with van der Waals surface area (Å²) in [5.74, 6) is -0.363. The average Bonchev–Trinajstić information content (AvgIpc) is 2.53. The number of amides is 2. The molecule has 0 unspecified atom stereocenters. The Hall–Kier alpha value is -2.62. The first-order chi connectivity index (χ1) is 11.3. The molecule has 0 aliphatic carbocycles. The second-order valence-corrected chi connectivity index (χ2v) is 6.26. The van der Waals surface area contributed by atoms with E-state index in [1.807, 2.05) is 58.0 Å². The van der Waals surface area contributed by atoms with Crippen LogP contribution in [0.4, 0.5) is 5.69 Å². The number of benzene rings is 2. The summed E-state index contributed by atoms with van der Waals surface area (Å²) >= 11 is 0. The maximum absolute atomic E-state index is 12.5. The molecule has 24 heavy (non-hydrogen) atoms. The number of likely N-dealkylation sites (N-methyl/N-ethyl adjacent to an activating group) is 1. The Kier molecular flexibility index (Phi) is 5.39. The first-order valence-electron chi connectivity index (χ1n) is 7.98. The van der Waals surface area contributed by atoms with E-state index in [1.165, 1.54) is 4.90 Å². The van der Waals surface area contributed by atoms with Crippen molar-refractivity contribution in [2.24, 2.45) is 0 Å². The maximum atomic E-state index is 12.5. The summed E-state index contributed by atoms with van der Waals surface area (Å²) in [6.07, 6.45) is 0. The van der Waals surface area contributed by atoms with Gasteiger partial charge in [0.1, 0.15) is 0 Å². The molecule has 2 amide bonds. The summed E-state index contributed by atoms with van der Waals surface area (Å²) in [7, 11) is 1.64. The molecule has 0 saturated heterocycles. The van der Waals surface area contributed by atoms with Crippen molar-refractivity contribution in [3.63, 3.8) is 0 Å². The fourth-order valence-electron chi connectivity index (χ4n) is 2.46. The highest BCUT2D eigenvalue weighted by molar-refractivity contribution is 5.99. The van der Waals surface area contributed by atoms with E-state index in [-0.39, 0.29) is 18.4 Å². The van der Waals surface area contributed by atoms with E-state index in [0.717, 1.165) is 27.9 Å². The topological polar surface area (TPSA) is 49.4 Å². The standard InChI is InChI=1S/C20H24N2O2/c1-13-9-10-17(11-15(13)3)20(24)22(5)12-19(23)21-18-8-6-7-14(2)16(18)4/h6-11H,12H2,1-5H3,(H,21,23). The zero-order chi connectivity index (χ0) is 17.9. The van der Waals surface area contributed by atoms with E-state index in [9.17, 15) is 9.59 Å². The minimum absolute atomic E-state index is 0.0130. The van der Waals surface area contributed by atoms with E-state index in [1.54, 1.807) is 13.1 Å². The van der Waals surface area contributed by atoms with Gasteiger partial charge in [-0.1, -0.05) is 18.2 Å². The molecule has 126 valence electrons. The molecule has 2 rings (SSSR count). The third-order valence-electron chi connectivity index (χ3n) is 4.36. The largest absolute Gasteiger partial charge is 0.332 e. The van der Waals surface area contributed by atoms with Crippen LogP contribution in [0.2, 0.25) is 0 Å². The van der Waals surface area contributed by atoms with Gasteiger partial charge < -0.3 is 10.2 Å². The summed E-state index contributed by atoms with van der Waals surface area (Å²) in [5, 5.41) is 2.88. The number of aryl methyl sites for hydroxylation is 3. The van der Waals surface area contributed by atoms with Gasteiger partial charge in [-0.05, 0) is 68.1 Å². The average molecular weight is 324 g/mol. The van der Waals surface area contributed by atoms with E-state index < -0.39 is 0 Å². The lowest BCUT2D eigenvalue weighted by Crippen LogP contribution is -2.35.